The van der Waals surface area contributed by atoms with Crippen LogP contribution in [0, 0.1) is 12.8 Å². The molecule has 8 nitrogen and oxygen atoms in total. The lowest BCUT2D eigenvalue weighted by molar-refractivity contribution is -0.119. The van der Waals surface area contributed by atoms with Gasteiger partial charge in [-0.3, -0.25) is 9.48 Å². The van der Waals surface area contributed by atoms with Crippen molar-refractivity contribution in [2.24, 2.45) is 5.92 Å². The molecule has 1 aliphatic rings. The van der Waals surface area contributed by atoms with Crippen molar-refractivity contribution in [3.05, 3.63) is 36.2 Å². The van der Waals surface area contributed by atoms with E-state index in [0.29, 0.717) is 24.5 Å². The molecule has 0 radical (unpaired) electrons. The van der Waals surface area contributed by atoms with Crippen LogP contribution in [0.25, 0.3) is 0 Å². The summed E-state index contributed by atoms with van der Waals surface area (Å²) in [5.74, 6) is 0.177. The lowest BCUT2D eigenvalue weighted by atomic mass is 10.1. The van der Waals surface area contributed by atoms with Gasteiger partial charge in [0.15, 0.2) is 0 Å². The molecule has 1 aromatic heterocycles. The van der Waals surface area contributed by atoms with Gasteiger partial charge in [0.2, 0.25) is 5.91 Å². The van der Waals surface area contributed by atoms with Crippen LogP contribution in [-0.4, -0.2) is 33.5 Å². The van der Waals surface area contributed by atoms with Crippen LogP contribution in [-0.2, 0) is 11.3 Å². The van der Waals surface area contributed by atoms with Gasteiger partial charge in [-0.2, -0.15) is 0 Å². The van der Waals surface area contributed by atoms with Crippen LogP contribution in [0.5, 0.6) is 0 Å². The summed E-state index contributed by atoms with van der Waals surface area (Å²) in [7, 11) is 0. The zero-order valence-corrected chi connectivity index (χ0v) is 15.6. The fourth-order valence-corrected chi connectivity index (χ4v) is 3.23. The van der Waals surface area contributed by atoms with Crippen molar-refractivity contribution in [3.63, 3.8) is 0 Å². The molecule has 3 amide bonds. The van der Waals surface area contributed by atoms with Gasteiger partial charge >= 0.3 is 6.03 Å². The number of nitrogens with zero attached hydrogens (tertiary/aromatic N) is 3. The summed E-state index contributed by atoms with van der Waals surface area (Å²) in [6, 6.07) is 5.29. The molecule has 1 saturated carbocycles. The van der Waals surface area contributed by atoms with E-state index in [1.165, 1.54) is 0 Å². The highest BCUT2D eigenvalue weighted by molar-refractivity contribution is 5.95. The summed E-state index contributed by atoms with van der Waals surface area (Å²) in [5, 5.41) is 16.3. The smallest absolute Gasteiger partial charge is 0.319 e. The lowest BCUT2D eigenvalue weighted by Gasteiger charge is -2.14. The molecule has 8 heteroatoms. The van der Waals surface area contributed by atoms with Crippen LogP contribution in [0.3, 0.4) is 0 Å². The molecule has 1 aromatic carbocycles. The van der Waals surface area contributed by atoms with E-state index in [1.807, 2.05) is 19.1 Å². The van der Waals surface area contributed by atoms with Gasteiger partial charge < -0.3 is 16.0 Å². The van der Waals surface area contributed by atoms with Crippen molar-refractivity contribution in [1.29, 1.82) is 0 Å². The lowest BCUT2D eigenvalue weighted by Crippen LogP contribution is -2.30. The van der Waals surface area contributed by atoms with Crippen molar-refractivity contribution in [2.45, 2.75) is 45.6 Å². The van der Waals surface area contributed by atoms with Crippen LogP contribution in [0.4, 0.5) is 16.2 Å². The number of urea groups is 1. The average Bonchev–Trinajstić information content (AvgIpc) is 3.35. The highest BCUT2D eigenvalue weighted by Gasteiger charge is 2.22. The number of benzene rings is 1. The molecular formula is C19H26N6O2. The van der Waals surface area contributed by atoms with Gasteiger partial charge in [-0.25, -0.2) is 4.79 Å². The molecule has 2 aromatic rings. The largest absolute Gasteiger partial charge is 0.338 e. The third-order valence-electron chi connectivity index (χ3n) is 4.80. The summed E-state index contributed by atoms with van der Waals surface area (Å²) in [5.41, 5.74) is 2.33. The summed E-state index contributed by atoms with van der Waals surface area (Å²) in [6.45, 7) is 3.15. The van der Waals surface area contributed by atoms with Crippen LogP contribution >= 0.6 is 0 Å². The number of rotatable bonds is 7. The topological polar surface area (TPSA) is 101 Å². The maximum absolute atomic E-state index is 12.3. The van der Waals surface area contributed by atoms with Gasteiger partial charge in [0.1, 0.15) is 0 Å². The minimum atomic E-state index is -0.268. The first kappa shape index (κ1) is 18.9. The molecular weight excluding hydrogens is 344 g/mol. The molecule has 1 fully saturated rings. The molecule has 0 bridgehead atoms. The maximum Gasteiger partial charge on any atom is 0.319 e. The first-order valence-corrected chi connectivity index (χ1v) is 9.42. The molecule has 0 aliphatic heterocycles. The third-order valence-corrected chi connectivity index (χ3v) is 4.80. The standard InChI is InChI=1S/C19H26N6O2/c1-14-7-8-16(22-18(26)15-5-2-3-6-15)13-17(14)23-19(27)20-9-4-11-25-12-10-21-24-25/h7-8,10,12-13,15H,2-6,9,11H2,1H3,(H,22,26)(H2,20,23,27). The summed E-state index contributed by atoms with van der Waals surface area (Å²) < 4.78 is 1.72. The average molecular weight is 370 g/mol. The Labute approximate surface area is 158 Å². The van der Waals surface area contributed by atoms with E-state index in [2.05, 4.69) is 26.3 Å². The first-order valence-electron chi connectivity index (χ1n) is 9.42. The fourth-order valence-electron chi connectivity index (χ4n) is 3.23. The Morgan fingerprint density at radius 2 is 2.04 bits per heavy atom. The molecule has 3 N–H and O–H groups in total. The predicted octanol–water partition coefficient (Wildman–Crippen LogP) is 2.93. The normalized spacial score (nSPS) is 14.1. The number of anilines is 2. The summed E-state index contributed by atoms with van der Waals surface area (Å²) in [6.07, 6.45) is 8.33. The van der Waals surface area contributed by atoms with Crippen molar-refractivity contribution >= 4 is 23.3 Å². The van der Waals surface area contributed by atoms with E-state index >= 15 is 0 Å². The van der Waals surface area contributed by atoms with E-state index in [1.54, 1.807) is 23.1 Å². The fraction of sp³-hybridized carbons (Fsp3) is 0.474. The second kappa shape index (κ2) is 9.16. The Kier molecular flexibility index (Phi) is 6.40. The number of carbonyl (C=O) groups excluding carboxylic acids is 2. The van der Waals surface area contributed by atoms with E-state index in [0.717, 1.165) is 37.7 Å². The quantitative estimate of drug-likeness (QED) is 0.652. The Bertz CT molecular complexity index is 769. The van der Waals surface area contributed by atoms with Crippen LogP contribution in [0.1, 0.15) is 37.7 Å². The van der Waals surface area contributed by atoms with Crippen molar-refractivity contribution in [1.82, 2.24) is 20.3 Å². The van der Waals surface area contributed by atoms with Crippen LogP contribution in [0.15, 0.2) is 30.6 Å². The zero-order chi connectivity index (χ0) is 19.1. The van der Waals surface area contributed by atoms with Gasteiger partial charge in [-0.1, -0.05) is 24.1 Å². The van der Waals surface area contributed by atoms with Crippen molar-refractivity contribution in [3.8, 4) is 0 Å². The molecule has 1 aliphatic carbocycles. The van der Waals surface area contributed by atoms with Crippen LogP contribution < -0.4 is 16.0 Å². The zero-order valence-electron chi connectivity index (χ0n) is 15.6. The van der Waals surface area contributed by atoms with Crippen LogP contribution in [0.2, 0.25) is 0 Å². The maximum atomic E-state index is 12.3. The highest BCUT2D eigenvalue weighted by atomic mass is 16.2. The highest BCUT2D eigenvalue weighted by Crippen LogP contribution is 2.27. The second-order valence-electron chi connectivity index (χ2n) is 6.90. The van der Waals surface area contributed by atoms with Gasteiger partial charge in [0, 0.05) is 36.6 Å². The molecule has 0 unspecified atom stereocenters. The minimum Gasteiger partial charge on any atom is -0.338 e. The third kappa shape index (κ3) is 5.54. The molecule has 0 spiro atoms. The van der Waals surface area contributed by atoms with Gasteiger partial charge in [0.05, 0.1) is 6.20 Å². The monoisotopic (exact) mass is 370 g/mol. The number of aryl methyl sites for hydroxylation is 2. The van der Waals surface area contributed by atoms with Gasteiger partial charge in [0.25, 0.3) is 0 Å². The number of carbonyl (C=O) groups is 2. The molecule has 3 rings (SSSR count). The number of hydrogen-bond donors (Lipinski definition) is 3. The molecule has 0 atom stereocenters. The molecule has 144 valence electrons. The summed E-state index contributed by atoms with van der Waals surface area (Å²) >= 11 is 0. The summed E-state index contributed by atoms with van der Waals surface area (Å²) in [4.78, 5) is 24.4. The Morgan fingerprint density at radius 3 is 2.78 bits per heavy atom. The van der Waals surface area contributed by atoms with E-state index < -0.39 is 0 Å². The molecule has 27 heavy (non-hydrogen) atoms. The number of nitrogens with one attached hydrogen (secondary N) is 3. The van der Waals surface area contributed by atoms with Crippen molar-refractivity contribution < 1.29 is 9.59 Å². The number of hydrogen-bond acceptors (Lipinski definition) is 4. The first-order chi connectivity index (χ1) is 13.1. The predicted molar refractivity (Wildman–Crippen MR) is 103 cm³/mol. The Balaban J connectivity index is 1.48. The van der Waals surface area contributed by atoms with Gasteiger partial charge in [-0.05, 0) is 43.9 Å². The Hall–Kier alpha value is -2.90. The van der Waals surface area contributed by atoms with Gasteiger partial charge in [-0.15, -0.1) is 5.10 Å². The van der Waals surface area contributed by atoms with Crippen molar-refractivity contribution in [2.75, 3.05) is 17.2 Å². The van der Waals surface area contributed by atoms with E-state index in [9.17, 15) is 9.59 Å². The Morgan fingerprint density at radius 1 is 1.22 bits per heavy atom. The number of aromatic nitrogens is 3. The van der Waals surface area contributed by atoms with E-state index in [4.69, 9.17) is 0 Å². The molecule has 0 saturated heterocycles. The minimum absolute atomic E-state index is 0.0693. The van der Waals surface area contributed by atoms with E-state index in [-0.39, 0.29) is 17.9 Å². The second-order valence-corrected chi connectivity index (χ2v) is 6.90. The number of amides is 3. The SMILES string of the molecule is Cc1ccc(NC(=O)C2CCCC2)cc1NC(=O)NCCCn1ccnn1. The molecule has 1 heterocycles.